The van der Waals surface area contributed by atoms with Crippen LogP contribution < -0.4 is 0 Å². The first-order valence-electron chi connectivity index (χ1n) is 0. The summed E-state index contributed by atoms with van der Waals surface area (Å²) in [4.78, 5) is 0. The van der Waals surface area contributed by atoms with Crippen molar-refractivity contribution in [2.45, 2.75) is 0 Å². The van der Waals surface area contributed by atoms with Crippen LogP contribution in [0.5, 0.6) is 0 Å². The molecule has 0 atom stereocenters. The molecule has 0 unspecified atom stereocenters. The molecule has 10 heteroatoms. The Balaban J connectivity index is 0. The van der Waals surface area contributed by atoms with Gasteiger partial charge in [-0.15, -0.1) is 0 Å². The van der Waals surface area contributed by atoms with Crippen molar-refractivity contribution in [1.82, 2.24) is 0 Å². The van der Waals surface area contributed by atoms with Gasteiger partial charge in [0.2, 0.25) is 0 Å². The molecule has 0 aromatic heterocycles. The van der Waals surface area contributed by atoms with Crippen molar-refractivity contribution in [3.8, 4) is 0 Å². The van der Waals surface area contributed by atoms with Gasteiger partial charge in [0, 0.05) is 310 Å². The molecule has 0 amide bonds. The molecule has 0 spiro atoms. The van der Waals surface area contributed by atoms with Gasteiger partial charge >= 0.3 is 0 Å². The van der Waals surface area contributed by atoms with E-state index in [0.717, 1.165) is 0 Å². The Morgan fingerprint density at radius 3 is 0.200 bits per heavy atom. The molecule has 0 saturated carbocycles. The molecular weight excluding hydrogens is 1550 g/mol. The van der Waals surface area contributed by atoms with E-state index in [0.29, 0.717) is 0 Å². The van der Waals surface area contributed by atoms with Crippen LogP contribution in [0.1, 0.15) is 0 Å². The zero-order valence-electron chi connectivity index (χ0n) is 5.04. The summed E-state index contributed by atoms with van der Waals surface area (Å²) in [6.07, 6.45) is 0. The van der Waals surface area contributed by atoms with Crippen LogP contribution in [0.15, 0.2) is 0 Å². The quantitative estimate of drug-likeness (QED) is 0.321. The van der Waals surface area contributed by atoms with Crippen molar-refractivity contribution < 1.29 is 310 Å². The van der Waals surface area contributed by atoms with Gasteiger partial charge in [-0.25, -0.2) is 0 Å². The maximum absolute atomic E-state index is 0. The summed E-state index contributed by atoms with van der Waals surface area (Å²) in [5.74, 6) is 0. The Bertz CT molecular complexity index is 8.81. The van der Waals surface area contributed by atoms with Gasteiger partial charge in [0.1, 0.15) is 0 Å². The first-order valence-corrected chi connectivity index (χ1v) is 0. The minimum Gasteiger partial charge on any atom is 0 e. The summed E-state index contributed by atoms with van der Waals surface area (Å²) in [7, 11) is 0. The molecule has 0 fully saturated rings. The van der Waals surface area contributed by atoms with E-state index in [2.05, 4.69) is 0 Å². The third kappa shape index (κ3) is 51.6. The van der Waals surface area contributed by atoms with Gasteiger partial charge in [-0.05, 0) is 0 Å². The average Bonchev–Trinajstić information content (AvgIpc) is 0. The number of hydrogen-bond donors (Lipinski definition) is 0. The molecule has 0 aliphatic carbocycles. The van der Waals surface area contributed by atoms with Gasteiger partial charge in [0.25, 0.3) is 0 Å². The fourth-order valence-corrected chi connectivity index (χ4v) is 0. The van der Waals surface area contributed by atoms with Crippen molar-refractivity contribution in [2.24, 2.45) is 0 Å². The largest absolute Gasteiger partial charge is 0 e. The standard InChI is InChI=1S/3Ir.7La. The Morgan fingerprint density at radius 2 is 0.200 bits per heavy atom. The Hall–Kier alpha value is 10.3. The Kier molecular flexibility index (Phi) is 434. The zero-order valence-corrected chi connectivity index (χ0v) is 37.6. The fraction of sp³-hybridized carbons (Fsp3) is 0. The van der Waals surface area contributed by atoms with Crippen molar-refractivity contribution in [3.05, 3.63) is 0 Å². The maximum atomic E-state index is 0. The summed E-state index contributed by atoms with van der Waals surface area (Å²) in [5, 5.41) is 0. The first-order chi connectivity index (χ1) is 0. The minimum absolute atomic E-state index is 0. The molecule has 0 aliphatic heterocycles. The Morgan fingerprint density at radius 1 is 0.200 bits per heavy atom. The van der Waals surface area contributed by atoms with Crippen molar-refractivity contribution in [2.75, 3.05) is 0 Å². The van der Waals surface area contributed by atoms with Crippen molar-refractivity contribution >= 4 is 0 Å². The van der Waals surface area contributed by atoms with E-state index in [1.54, 1.807) is 0 Å². The summed E-state index contributed by atoms with van der Waals surface area (Å²) in [5.41, 5.74) is 0. The SMILES string of the molecule is [Ir].[Ir].[Ir].[La].[La].[La].[La].[La].[La].[La]. The normalized spacial score (nSPS) is 0. The third-order valence-electron chi connectivity index (χ3n) is 0. The van der Waals surface area contributed by atoms with E-state index >= 15 is 0 Å². The van der Waals surface area contributed by atoms with Crippen LogP contribution in [0.2, 0.25) is 0 Å². The van der Waals surface area contributed by atoms with E-state index in [-0.39, 0.29) is 310 Å². The molecule has 0 aromatic carbocycles. The molecule has 0 N–H and O–H groups in total. The van der Waals surface area contributed by atoms with Gasteiger partial charge in [-0.2, -0.15) is 0 Å². The molecule has 0 bridgehead atoms. The van der Waals surface area contributed by atoms with Crippen LogP contribution in [0.3, 0.4) is 0 Å². The van der Waals surface area contributed by atoms with E-state index in [1.165, 1.54) is 0 Å². The van der Waals surface area contributed by atoms with Crippen LogP contribution in [-0.2, 0) is 60.3 Å². The minimum atomic E-state index is 0. The molecule has 48 valence electrons. The number of rotatable bonds is 0. The van der Waals surface area contributed by atoms with Crippen LogP contribution >= 0.6 is 0 Å². The molecule has 0 heterocycles. The molecule has 10 radical (unpaired) electrons. The van der Waals surface area contributed by atoms with Crippen LogP contribution in [0.4, 0.5) is 0 Å². The molecule has 0 nitrogen and oxygen atoms in total. The van der Waals surface area contributed by atoms with Gasteiger partial charge in [-0.1, -0.05) is 0 Å². The van der Waals surface area contributed by atoms with E-state index in [1.807, 2.05) is 0 Å². The fourth-order valence-electron chi connectivity index (χ4n) is 0. The van der Waals surface area contributed by atoms with Crippen molar-refractivity contribution in [3.63, 3.8) is 0 Å². The topological polar surface area (TPSA) is 0 Å². The second-order valence-corrected chi connectivity index (χ2v) is 0. The van der Waals surface area contributed by atoms with Gasteiger partial charge < -0.3 is 0 Å². The van der Waals surface area contributed by atoms with Gasteiger partial charge in [0.15, 0.2) is 0 Å². The second-order valence-electron chi connectivity index (χ2n) is 0. The summed E-state index contributed by atoms with van der Waals surface area (Å²) in [6, 6.07) is 0. The Labute approximate surface area is 299 Å². The zero-order chi connectivity index (χ0) is 0. The first kappa shape index (κ1) is 71.2. The van der Waals surface area contributed by atoms with Crippen LogP contribution in [-0.4, -0.2) is 0 Å². The summed E-state index contributed by atoms with van der Waals surface area (Å²) in [6.45, 7) is 0. The van der Waals surface area contributed by atoms with E-state index in [4.69, 9.17) is 0 Å². The molecule has 0 aliphatic rings. The summed E-state index contributed by atoms with van der Waals surface area (Å²) < 4.78 is 0. The number of hydrogen-bond acceptors (Lipinski definition) is 0. The molecule has 0 aromatic rings. The van der Waals surface area contributed by atoms with Crippen LogP contribution in [0.25, 0.3) is 0 Å². The predicted octanol–water partition coefficient (Wildman–Crippen LogP) is -0.00750. The van der Waals surface area contributed by atoms with Crippen molar-refractivity contribution in [1.29, 1.82) is 0 Å². The van der Waals surface area contributed by atoms with Gasteiger partial charge in [0.05, 0.1) is 0 Å². The third-order valence-corrected chi connectivity index (χ3v) is 0. The molecule has 0 saturated heterocycles. The predicted molar refractivity (Wildman–Crippen MR) is 0 cm³/mol. The molecular formula is Ir3La7. The average molecular weight is 1550 g/mol. The summed E-state index contributed by atoms with van der Waals surface area (Å²) >= 11 is 0. The molecule has 10 heavy (non-hydrogen) atoms. The molecule has 0 rings (SSSR count). The van der Waals surface area contributed by atoms with E-state index < -0.39 is 0 Å². The van der Waals surface area contributed by atoms with E-state index in [9.17, 15) is 0 Å². The maximum Gasteiger partial charge on any atom is 0 e. The monoisotopic (exact) mass is 1550 g/mol. The van der Waals surface area contributed by atoms with Gasteiger partial charge in [-0.3, -0.25) is 0 Å². The second kappa shape index (κ2) is 60.9. The van der Waals surface area contributed by atoms with Crippen LogP contribution in [0, 0.1) is 249 Å². The smallest absolute Gasteiger partial charge is 0 e.